The van der Waals surface area contributed by atoms with E-state index < -0.39 is 0 Å². The summed E-state index contributed by atoms with van der Waals surface area (Å²) in [6, 6.07) is 3.83. The van der Waals surface area contributed by atoms with Crippen molar-refractivity contribution < 1.29 is 4.79 Å². The Labute approximate surface area is 106 Å². The number of nitrogens with one attached hydrogen (secondary N) is 1. The van der Waals surface area contributed by atoms with Crippen molar-refractivity contribution in [3.63, 3.8) is 0 Å². The van der Waals surface area contributed by atoms with E-state index in [4.69, 9.17) is 17.3 Å². The van der Waals surface area contributed by atoms with Crippen molar-refractivity contribution in [1.29, 1.82) is 0 Å². The van der Waals surface area contributed by atoms with Crippen LogP contribution in [-0.2, 0) is 11.2 Å². The smallest absolute Gasteiger partial charge is 0.227 e. The number of carbonyl (C=O) groups excluding carboxylic acids is 1. The number of amides is 1. The predicted molar refractivity (Wildman–Crippen MR) is 70.3 cm³/mol. The Morgan fingerprint density at radius 2 is 2.29 bits per heavy atom. The van der Waals surface area contributed by atoms with Gasteiger partial charge in [-0.1, -0.05) is 17.7 Å². The number of rotatable bonds is 3. The molecule has 3 nitrogen and oxygen atoms in total. The van der Waals surface area contributed by atoms with Crippen molar-refractivity contribution in [3.05, 3.63) is 28.3 Å². The van der Waals surface area contributed by atoms with Gasteiger partial charge in [0.05, 0.1) is 0 Å². The first-order chi connectivity index (χ1) is 8.13. The molecule has 1 heterocycles. The van der Waals surface area contributed by atoms with Crippen LogP contribution in [0.5, 0.6) is 0 Å². The number of nitrogens with two attached hydrogens (primary N) is 1. The predicted octanol–water partition coefficient (Wildman–Crippen LogP) is 2.50. The molecular formula is C13H17ClN2O. The number of anilines is 1. The summed E-state index contributed by atoms with van der Waals surface area (Å²) in [6.45, 7) is 2.60. The maximum absolute atomic E-state index is 11.9. The molecule has 1 aromatic rings. The first kappa shape index (κ1) is 12.4. The molecule has 3 N–H and O–H groups in total. The lowest BCUT2D eigenvalue weighted by molar-refractivity contribution is -0.120. The van der Waals surface area contributed by atoms with E-state index in [0.29, 0.717) is 6.54 Å². The Balaban J connectivity index is 2.27. The van der Waals surface area contributed by atoms with E-state index in [0.717, 1.165) is 41.1 Å². The molecule has 0 saturated heterocycles. The number of benzene rings is 1. The highest BCUT2D eigenvalue weighted by Crippen LogP contribution is 2.35. The molecule has 1 aliphatic rings. The molecule has 0 fully saturated rings. The van der Waals surface area contributed by atoms with Gasteiger partial charge < -0.3 is 11.1 Å². The maximum Gasteiger partial charge on any atom is 0.227 e. The summed E-state index contributed by atoms with van der Waals surface area (Å²) < 4.78 is 0. The minimum atomic E-state index is 0.00495. The fraction of sp³-hybridized carbons (Fsp3) is 0.462. The van der Waals surface area contributed by atoms with Gasteiger partial charge >= 0.3 is 0 Å². The first-order valence-corrected chi connectivity index (χ1v) is 6.30. The molecule has 17 heavy (non-hydrogen) atoms. The van der Waals surface area contributed by atoms with Crippen molar-refractivity contribution in [2.75, 3.05) is 11.9 Å². The van der Waals surface area contributed by atoms with E-state index in [2.05, 4.69) is 5.32 Å². The monoisotopic (exact) mass is 252 g/mol. The maximum atomic E-state index is 11.9. The second-order valence-corrected chi connectivity index (χ2v) is 4.95. The Morgan fingerprint density at radius 1 is 1.53 bits per heavy atom. The quantitative estimate of drug-likeness (QED) is 0.869. The molecule has 4 heteroatoms. The van der Waals surface area contributed by atoms with Crippen LogP contribution >= 0.6 is 11.6 Å². The molecule has 0 saturated carbocycles. The third-order valence-electron chi connectivity index (χ3n) is 3.29. The molecule has 0 aliphatic carbocycles. The zero-order valence-corrected chi connectivity index (χ0v) is 10.7. The number of aryl methyl sites for hydroxylation is 1. The fourth-order valence-corrected chi connectivity index (χ4v) is 2.51. The molecule has 0 bridgehead atoms. The van der Waals surface area contributed by atoms with Crippen LogP contribution in [0.2, 0.25) is 5.02 Å². The minimum Gasteiger partial charge on any atom is -0.330 e. The topological polar surface area (TPSA) is 55.1 Å². The lowest BCUT2D eigenvalue weighted by Crippen LogP contribution is -2.31. The van der Waals surface area contributed by atoms with Gasteiger partial charge in [-0.2, -0.15) is 0 Å². The van der Waals surface area contributed by atoms with E-state index in [-0.39, 0.29) is 11.8 Å². The molecule has 2 rings (SSSR count). The third kappa shape index (κ3) is 2.45. The van der Waals surface area contributed by atoms with Gasteiger partial charge in [0.2, 0.25) is 5.91 Å². The first-order valence-electron chi connectivity index (χ1n) is 5.92. The molecule has 0 spiro atoms. The van der Waals surface area contributed by atoms with Crippen molar-refractivity contribution in [1.82, 2.24) is 0 Å². The average Bonchev–Trinajstić information content (AvgIpc) is 2.32. The van der Waals surface area contributed by atoms with Crippen LogP contribution in [0, 0.1) is 12.8 Å². The third-order valence-corrected chi connectivity index (χ3v) is 3.64. The Kier molecular flexibility index (Phi) is 3.69. The van der Waals surface area contributed by atoms with E-state index >= 15 is 0 Å². The lowest BCUT2D eigenvalue weighted by Gasteiger charge is -2.26. The van der Waals surface area contributed by atoms with Gasteiger partial charge in [-0.25, -0.2) is 0 Å². The summed E-state index contributed by atoms with van der Waals surface area (Å²) in [5.41, 5.74) is 8.50. The molecule has 1 unspecified atom stereocenters. The number of fused-ring (bicyclic) bond motifs is 1. The highest BCUT2D eigenvalue weighted by molar-refractivity contribution is 6.32. The van der Waals surface area contributed by atoms with Gasteiger partial charge in [-0.3, -0.25) is 4.79 Å². The summed E-state index contributed by atoms with van der Waals surface area (Å²) in [7, 11) is 0. The molecule has 1 amide bonds. The van der Waals surface area contributed by atoms with Gasteiger partial charge in [0.25, 0.3) is 0 Å². The highest BCUT2D eigenvalue weighted by Gasteiger charge is 2.27. The Bertz CT molecular complexity index is 445. The molecule has 0 aromatic heterocycles. The molecule has 92 valence electrons. The molecule has 1 aliphatic heterocycles. The zero-order valence-electron chi connectivity index (χ0n) is 9.92. The SMILES string of the molecule is Cc1ccc(Cl)c2c1NC(=O)C(CCCN)C2. The van der Waals surface area contributed by atoms with Crippen molar-refractivity contribution >= 4 is 23.2 Å². The molecule has 1 atom stereocenters. The Morgan fingerprint density at radius 3 is 3.00 bits per heavy atom. The van der Waals surface area contributed by atoms with E-state index in [1.54, 1.807) is 0 Å². The number of halogens is 1. The van der Waals surface area contributed by atoms with Gasteiger partial charge in [-0.05, 0) is 49.9 Å². The van der Waals surface area contributed by atoms with Crippen LogP contribution in [0.4, 0.5) is 5.69 Å². The van der Waals surface area contributed by atoms with E-state index in [1.807, 2.05) is 19.1 Å². The molecular weight excluding hydrogens is 236 g/mol. The second kappa shape index (κ2) is 5.07. The van der Waals surface area contributed by atoms with Crippen LogP contribution in [0.1, 0.15) is 24.0 Å². The molecule has 1 aromatic carbocycles. The van der Waals surface area contributed by atoms with Gasteiger partial charge in [0.15, 0.2) is 0 Å². The number of carbonyl (C=O) groups is 1. The van der Waals surface area contributed by atoms with E-state index in [9.17, 15) is 4.79 Å². The van der Waals surface area contributed by atoms with Crippen LogP contribution < -0.4 is 11.1 Å². The summed E-state index contributed by atoms with van der Waals surface area (Å²) in [6.07, 6.45) is 2.42. The van der Waals surface area contributed by atoms with Crippen LogP contribution in [0.15, 0.2) is 12.1 Å². The standard InChI is InChI=1S/C13H17ClN2O/c1-8-4-5-11(14)10-7-9(3-2-6-15)13(17)16-12(8)10/h4-5,9H,2-3,6-7,15H2,1H3,(H,16,17). The van der Waals surface area contributed by atoms with Gasteiger partial charge in [0, 0.05) is 16.6 Å². The van der Waals surface area contributed by atoms with Crippen molar-refractivity contribution in [2.24, 2.45) is 11.7 Å². The normalized spacial score (nSPS) is 18.8. The van der Waals surface area contributed by atoms with Crippen LogP contribution in [-0.4, -0.2) is 12.5 Å². The average molecular weight is 253 g/mol. The Hall–Kier alpha value is -1.06. The summed E-state index contributed by atoms with van der Waals surface area (Å²) in [5, 5.41) is 3.70. The lowest BCUT2D eigenvalue weighted by atomic mass is 9.88. The zero-order chi connectivity index (χ0) is 12.4. The number of hydrogen-bond donors (Lipinski definition) is 2. The van der Waals surface area contributed by atoms with Crippen LogP contribution in [0.25, 0.3) is 0 Å². The number of hydrogen-bond acceptors (Lipinski definition) is 2. The largest absolute Gasteiger partial charge is 0.330 e. The van der Waals surface area contributed by atoms with Crippen LogP contribution in [0.3, 0.4) is 0 Å². The minimum absolute atomic E-state index is 0.00495. The summed E-state index contributed by atoms with van der Waals surface area (Å²) in [5.74, 6) is 0.0988. The van der Waals surface area contributed by atoms with Crippen molar-refractivity contribution in [3.8, 4) is 0 Å². The summed E-state index contributed by atoms with van der Waals surface area (Å²) >= 11 is 6.19. The van der Waals surface area contributed by atoms with Crippen molar-refractivity contribution in [2.45, 2.75) is 26.2 Å². The summed E-state index contributed by atoms with van der Waals surface area (Å²) in [4.78, 5) is 11.9. The highest BCUT2D eigenvalue weighted by atomic mass is 35.5. The fourth-order valence-electron chi connectivity index (χ4n) is 2.27. The van der Waals surface area contributed by atoms with E-state index in [1.165, 1.54) is 0 Å². The van der Waals surface area contributed by atoms with Gasteiger partial charge in [-0.15, -0.1) is 0 Å². The van der Waals surface area contributed by atoms with Gasteiger partial charge in [0.1, 0.15) is 0 Å². The molecule has 0 radical (unpaired) electrons. The second-order valence-electron chi connectivity index (χ2n) is 4.54.